The summed E-state index contributed by atoms with van der Waals surface area (Å²) < 4.78 is 10.7. The molecule has 0 unspecified atom stereocenters. The van der Waals surface area contributed by atoms with E-state index in [-0.39, 0.29) is 11.1 Å². The third-order valence-corrected chi connectivity index (χ3v) is 3.36. The van der Waals surface area contributed by atoms with Gasteiger partial charge in [0, 0.05) is 17.8 Å². The zero-order chi connectivity index (χ0) is 17.3. The van der Waals surface area contributed by atoms with Gasteiger partial charge < -0.3 is 20.0 Å². The number of nitrogens with two attached hydrogens (primary N) is 1. The Morgan fingerprint density at radius 1 is 1.33 bits per heavy atom. The number of aromatic nitrogens is 1. The maximum atomic E-state index is 12.4. The number of amidine groups is 1. The summed E-state index contributed by atoms with van der Waals surface area (Å²) in [4.78, 5) is 20.6. The van der Waals surface area contributed by atoms with E-state index in [1.165, 1.54) is 19.4 Å². The van der Waals surface area contributed by atoms with Crippen molar-refractivity contribution in [3.63, 3.8) is 0 Å². The fourth-order valence-corrected chi connectivity index (χ4v) is 2.28. The minimum atomic E-state index is -0.547. The van der Waals surface area contributed by atoms with Crippen LogP contribution in [0.25, 0.3) is 22.3 Å². The van der Waals surface area contributed by atoms with Crippen molar-refractivity contribution in [1.29, 1.82) is 0 Å². The number of hydrogen-bond donors (Lipinski definition) is 2. The Morgan fingerprint density at radius 3 is 2.75 bits per heavy atom. The molecular formula is C17H15N3O4. The van der Waals surface area contributed by atoms with Crippen LogP contribution in [0.4, 0.5) is 5.69 Å². The first-order valence-corrected chi connectivity index (χ1v) is 7.10. The van der Waals surface area contributed by atoms with Crippen LogP contribution in [0, 0.1) is 0 Å². The third-order valence-electron chi connectivity index (χ3n) is 3.36. The van der Waals surface area contributed by atoms with Crippen LogP contribution >= 0.6 is 0 Å². The number of hydrogen-bond acceptors (Lipinski definition) is 6. The number of rotatable bonds is 3. The number of benzene rings is 1. The van der Waals surface area contributed by atoms with Crippen molar-refractivity contribution < 1.29 is 14.3 Å². The lowest BCUT2D eigenvalue weighted by atomic mass is 10.1. The summed E-state index contributed by atoms with van der Waals surface area (Å²) in [5, 5.41) is 10.4. The molecule has 0 saturated carbocycles. The largest absolute Gasteiger partial charge is 0.502 e. The molecule has 0 aliphatic rings. The van der Waals surface area contributed by atoms with E-state index in [1.54, 1.807) is 31.2 Å². The molecule has 7 nitrogen and oxygen atoms in total. The zero-order valence-electron chi connectivity index (χ0n) is 13.1. The molecule has 0 aliphatic carbocycles. The van der Waals surface area contributed by atoms with E-state index in [1.807, 2.05) is 0 Å². The summed E-state index contributed by atoms with van der Waals surface area (Å²) in [5.74, 6) is 0.346. The minimum Gasteiger partial charge on any atom is -0.502 e. The highest BCUT2D eigenvalue weighted by molar-refractivity contribution is 5.86. The Labute approximate surface area is 137 Å². The molecule has 1 aromatic carbocycles. The summed E-state index contributed by atoms with van der Waals surface area (Å²) in [7, 11) is 1.50. The lowest BCUT2D eigenvalue weighted by molar-refractivity contribution is 0.398. The predicted octanol–water partition coefficient (Wildman–Crippen LogP) is 2.58. The second kappa shape index (κ2) is 6.04. The van der Waals surface area contributed by atoms with Gasteiger partial charge in [-0.1, -0.05) is 0 Å². The number of methoxy groups -OCH3 is 1. The molecule has 0 radical (unpaired) electrons. The molecular weight excluding hydrogens is 310 g/mol. The summed E-state index contributed by atoms with van der Waals surface area (Å²) in [5.41, 5.74) is 6.30. The van der Waals surface area contributed by atoms with Gasteiger partial charge >= 0.3 is 0 Å². The molecule has 2 heterocycles. The second-order valence-corrected chi connectivity index (χ2v) is 5.13. The van der Waals surface area contributed by atoms with E-state index in [9.17, 15) is 9.90 Å². The van der Waals surface area contributed by atoms with E-state index in [0.29, 0.717) is 28.5 Å². The highest BCUT2D eigenvalue weighted by Gasteiger charge is 2.16. The molecule has 24 heavy (non-hydrogen) atoms. The Hall–Kier alpha value is -3.35. The van der Waals surface area contributed by atoms with Crippen molar-refractivity contribution in [1.82, 2.24) is 4.98 Å². The van der Waals surface area contributed by atoms with E-state index >= 15 is 0 Å². The number of aromatic hydroxyl groups is 1. The molecule has 0 fully saturated rings. The zero-order valence-corrected chi connectivity index (χ0v) is 13.1. The molecule has 7 heteroatoms. The smallest absolute Gasteiger partial charge is 0.235 e. The molecule has 3 N–H and O–H groups in total. The van der Waals surface area contributed by atoms with Crippen LogP contribution in [0.15, 0.2) is 50.7 Å². The molecule has 122 valence electrons. The second-order valence-electron chi connectivity index (χ2n) is 5.13. The lowest BCUT2D eigenvalue weighted by Gasteiger charge is -2.07. The molecule has 0 amide bonds. The van der Waals surface area contributed by atoms with Crippen LogP contribution in [0.5, 0.6) is 11.6 Å². The average Bonchev–Trinajstić information content (AvgIpc) is 2.58. The maximum Gasteiger partial charge on any atom is 0.235 e. The van der Waals surface area contributed by atoms with E-state index in [0.717, 1.165) is 0 Å². The average molecular weight is 325 g/mol. The summed E-state index contributed by atoms with van der Waals surface area (Å²) in [6.45, 7) is 1.64. The normalized spacial score (nSPS) is 11.7. The highest BCUT2D eigenvalue weighted by atomic mass is 16.5. The molecule has 0 bridgehead atoms. The van der Waals surface area contributed by atoms with Gasteiger partial charge in [0.05, 0.1) is 24.0 Å². The number of nitrogens with zero attached hydrogens (tertiary/aromatic N) is 2. The maximum absolute atomic E-state index is 12.4. The Kier molecular flexibility index (Phi) is 3.91. The van der Waals surface area contributed by atoms with Crippen LogP contribution in [-0.2, 0) is 0 Å². The molecule has 3 rings (SSSR count). The van der Waals surface area contributed by atoms with Crippen LogP contribution in [-0.4, -0.2) is 23.0 Å². The van der Waals surface area contributed by atoms with Crippen molar-refractivity contribution >= 4 is 22.5 Å². The van der Waals surface area contributed by atoms with E-state index in [2.05, 4.69) is 9.98 Å². The number of pyridine rings is 1. The van der Waals surface area contributed by atoms with Gasteiger partial charge in [0.15, 0.2) is 5.76 Å². The lowest BCUT2D eigenvalue weighted by Crippen LogP contribution is -2.05. The molecule has 0 spiro atoms. The topological polar surface area (TPSA) is 111 Å². The van der Waals surface area contributed by atoms with Crippen LogP contribution in [0.1, 0.15) is 6.92 Å². The van der Waals surface area contributed by atoms with Gasteiger partial charge in [0.2, 0.25) is 17.1 Å². The van der Waals surface area contributed by atoms with Gasteiger partial charge in [-0.15, -0.1) is 0 Å². The molecule has 0 saturated heterocycles. The Bertz CT molecular complexity index is 987. The first-order valence-electron chi connectivity index (χ1n) is 7.10. The number of ether oxygens (including phenoxy) is 1. The van der Waals surface area contributed by atoms with Crippen molar-refractivity contribution in [2.24, 2.45) is 10.7 Å². The molecule has 0 atom stereocenters. The fourth-order valence-electron chi connectivity index (χ4n) is 2.28. The van der Waals surface area contributed by atoms with Gasteiger partial charge in [-0.3, -0.25) is 4.79 Å². The summed E-state index contributed by atoms with van der Waals surface area (Å²) in [6.07, 6.45) is 1.46. The van der Waals surface area contributed by atoms with Crippen molar-refractivity contribution in [2.45, 2.75) is 6.92 Å². The van der Waals surface area contributed by atoms with Crippen molar-refractivity contribution in [3.05, 3.63) is 46.8 Å². The van der Waals surface area contributed by atoms with Gasteiger partial charge in [-0.2, -0.15) is 0 Å². The van der Waals surface area contributed by atoms with Gasteiger partial charge in [-0.25, -0.2) is 9.98 Å². The standard InChI is InChI=1S/C17H15N3O4/c1-9(18)20-11-4-5-13-12(7-11)15(21)16(22)17(24-13)10-3-6-14(23-2)19-8-10/h3-8,22H,1-2H3,(H2,18,20). The van der Waals surface area contributed by atoms with Gasteiger partial charge in [-0.05, 0) is 31.2 Å². The molecule has 0 aliphatic heterocycles. The number of aliphatic imine (C=N–C) groups is 1. The first-order chi connectivity index (χ1) is 11.5. The minimum absolute atomic E-state index is 0.0499. The Balaban J connectivity index is 2.19. The third kappa shape index (κ3) is 2.79. The fraction of sp³-hybridized carbons (Fsp3) is 0.118. The first kappa shape index (κ1) is 15.5. The quantitative estimate of drug-likeness (QED) is 0.565. The number of fused-ring (bicyclic) bond motifs is 1. The molecule has 2 aromatic heterocycles. The van der Waals surface area contributed by atoms with Gasteiger partial charge in [0.25, 0.3) is 0 Å². The van der Waals surface area contributed by atoms with Crippen molar-refractivity contribution in [3.8, 4) is 23.0 Å². The van der Waals surface area contributed by atoms with E-state index in [4.69, 9.17) is 14.9 Å². The van der Waals surface area contributed by atoms with Crippen molar-refractivity contribution in [2.75, 3.05) is 7.11 Å². The summed E-state index contributed by atoms with van der Waals surface area (Å²) >= 11 is 0. The SMILES string of the molecule is COc1ccc(-c2oc3ccc(N=C(C)N)cc3c(=O)c2O)cn1. The van der Waals surface area contributed by atoms with Crippen LogP contribution in [0.3, 0.4) is 0 Å². The van der Waals surface area contributed by atoms with Crippen LogP contribution < -0.4 is 15.9 Å². The highest BCUT2D eigenvalue weighted by Crippen LogP contribution is 2.31. The van der Waals surface area contributed by atoms with Crippen LogP contribution in [0.2, 0.25) is 0 Å². The Morgan fingerprint density at radius 2 is 2.12 bits per heavy atom. The monoisotopic (exact) mass is 325 g/mol. The van der Waals surface area contributed by atoms with E-state index < -0.39 is 11.2 Å². The summed E-state index contributed by atoms with van der Waals surface area (Å²) in [6, 6.07) is 8.06. The van der Waals surface area contributed by atoms with Gasteiger partial charge in [0.1, 0.15) is 5.58 Å². The predicted molar refractivity (Wildman–Crippen MR) is 90.9 cm³/mol. The molecule has 3 aromatic rings.